The van der Waals surface area contributed by atoms with Crippen molar-refractivity contribution in [2.24, 2.45) is 0 Å². The van der Waals surface area contributed by atoms with Crippen LogP contribution >= 0.6 is 11.6 Å². The van der Waals surface area contributed by atoms with Crippen LogP contribution in [0.2, 0.25) is 5.02 Å². The van der Waals surface area contributed by atoms with E-state index in [4.69, 9.17) is 16.3 Å². The minimum Gasteiger partial charge on any atom is -0.379 e. The number of nitrogens with one attached hydrogen (secondary N) is 1. The number of benzene rings is 1. The summed E-state index contributed by atoms with van der Waals surface area (Å²) in [4.78, 5) is 12.5. The van der Waals surface area contributed by atoms with Gasteiger partial charge in [0.2, 0.25) is 15.9 Å². The lowest BCUT2D eigenvalue weighted by Crippen LogP contribution is -2.49. The molecular weight excluding hydrogens is 364 g/mol. The van der Waals surface area contributed by atoms with Gasteiger partial charge in [0.15, 0.2) is 0 Å². The SMILES string of the molecule is CC[C@@H](C(=O)NCCCOC(C)C)N(c1ccc(Cl)cc1)S(C)(=O)=O. The minimum atomic E-state index is -3.63. The summed E-state index contributed by atoms with van der Waals surface area (Å²) in [5, 5.41) is 3.29. The topological polar surface area (TPSA) is 75.7 Å². The van der Waals surface area contributed by atoms with Gasteiger partial charge in [0, 0.05) is 18.2 Å². The first kappa shape index (κ1) is 21.7. The average molecular weight is 391 g/mol. The van der Waals surface area contributed by atoms with Gasteiger partial charge in [0.25, 0.3) is 0 Å². The van der Waals surface area contributed by atoms with Gasteiger partial charge in [-0.1, -0.05) is 18.5 Å². The summed E-state index contributed by atoms with van der Waals surface area (Å²) < 4.78 is 31.1. The number of hydrogen-bond acceptors (Lipinski definition) is 4. The molecule has 1 amide bonds. The molecule has 1 rings (SSSR count). The molecule has 0 saturated carbocycles. The van der Waals surface area contributed by atoms with Crippen molar-refractivity contribution in [2.45, 2.75) is 45.8 Å². The van der Waals surface area contributed by atoms with Crippen LogP contribution in [-0.4, -0.2) is 45.9 Å². The highest BCUT2D eigenvalue weighted by molar-refractivity contribution is 7.92. The maximum Gasteiger partial charge on any atom is 0.243 e. The molecule has 0 fully saturated rings. The number of ether oxygens (including phenoxy) is 1. The van der Waals surface area contributed by atoms with Crippen molar-refractivity contribution in [3.8, 4) is 0 Å². The predicted octanol–water partition coefficient (Wildman–Crippen LogP) is 2.82. The van der Waals surface area contributed by atoms with Gasteiger partial charge in [0.1, 0.15) is 6.04 Å². The molecular formula is C17H27ClN2O4S. The summed E-state index contributed by atoms with van der Waals surface area (Å²) in [6, 6.07) is 5.57. The molecule has 1 N–H and O–H groups in total. The fourth-order valence-electron chi connectivity index (χ4n) is 2.37. The smallest absolute Gasteiger partial charge is 0.243 e. The van der Waals surface area contributed by atoms with E-state index in [0.717, 1.165) is 10.6 Å². The number of nitrogens with zero attached hydrogens (tertiary/aromatic N) is 1. The van der Waals surface area contributed by atoms with Gasteiger partial charge in [-0.2, -0.15) is 0 Å². The van der Waals surface area contributed by atoms with Gasteiger partial charge < -0.3 is 10.1 Å². The molecule has 1 atom stereocenters. The largest absolute Gasteiger partial charge is 0.379 e. The Hall–Kier alpha value is -1.31. The summed E-state index contributed by atoms with van der Waals surface area (Å²) in [5.41, 5.74) is 0.414. The highest BCUT2D eigenvalue weighted by Crippen LogP contribution is 2.24. The Morgan fingerprint density at radius 1 is 1.28 bits per heavy atom. The first-order valence-corrected chi connectivity index (χ1v) is 10.5. The van der Waals surface area contributed by atoms with Gasteiger partial charge in [0.05, 0.1) is 18.0 Å². The van der Waals surface area contributed by atoms with Crippen molar-refractivity contribution in [3.63, 3.8) is 0 Å². The maximum absolute atomic E-state index is 12.5. The molecule has 0 radical (unpaired) electrons. The first-order chi connectivity index (χ1) is 11.7. The molecule has 142 valence electrons. The fourth-order valence-corrected chi connectivity index (χ4v) is 3.71. The van der Waals surface area contributed by atoms with Gasteiger partial charge in [-0.3, -0.25) is 9.10 Å². The van der Waals surface area contributed by atoms with E-state index in [1.165, 1.54) is 0 Å². The highest BCUT2D eigenvalue weighted by Gasteiger charge is 2.31. The quantitative estimate of drug-likeness (QED) is 0.623. The van der Waals surface area contributed by atoms with E-state index in [0.29, 0.717) is 36.7 Å². The molecule has 0 aromatic heterocycles. The molecule has 0 spiro atoms. The Morgan fingerprint density at radius 3 is 2.36 bits per heavy atom. The van der Waals surface area contributed by atoms with Crippen molar-refractivity contribution in [3.05, 3.63) is 29.3 Å². The van der Waals surface area contributed by atoms with Crippen LogP contribution in [0, 0.1) is 0 Å². The van der Waals surface area contributed by atoms with E-state index in [1.54, 1.807) is 31.2 Å². The number of amides is 1. The lowest BCUT2D eigenvalue weighted by Gasteiger charge is -2.30. The van der Waals surface area contributed by atoms with Crippen LogP contribution < -0.4 is 9.62 Å². The summed E-state index contributed by atoms with van der Waals surface area (Å²) in [7, 11) is -3.63. The number of sulfonamides is 1. The molecule has 0 aliphatic heterocycles. The Labute approximate surface area is 155 Å². The van der Waals surface area contributed by atoms with Crippen molar-refractivity contribution < 1.29 is 17.9 Å². The van der Waals surface area contributed by atoms with Crippen molar-refractivity contribution in [1.82, 2.24) is 5.32 Å². The van der Waals surface area contributed by atoms with Gasteiger partial charge in [-0.15, -0.1) is 0 Å². The van der Waals surface area contributed by atoms with E-state index in [2.05, 4.69) is 5.32 Å². The zero-order valence-corrected chi connectivity index (χ0v) is 16.7. The number of halogens is 1. The van der Waals surface area contributed by atoms with Crippen molar-refractivity contribution >= 4 is 33.2 Å². The molecule has 0 aliphatic rings. The molecule has 0 unspecified atom stereocenters. The monoisotopic (exact) mass is 390 g/mol. The lowest BCUT2D eigenvalue weighted by atomic mass is 10.2. The summed E-state index contributed by atoms with van der Waals surface area (Å²) in [6.45, 7) is 6.64. The number of carbonyl (C=O) groups excluding carboxylic acids is 1. The predicted molar refractivity (Wildman–Crippen MR) is 102 cm³/mol. The molecule has 0 aliphatic carbocycles. The molecule has 0 bridgehead atoms. The van der Waals surface area contributed by atoms with Crippen LogP contribution in [0.5, 0.6) is 0 Å². The maximum atomic E-state index is 12.5. The molecule has 0 heterocycles. The second kappa shape index (κ2) is 9.99. The molecule has 0 saturated heterocycles. The Bertz CT molecular complexity index is 647. The minimum absolute atomic E-state index is 0.143. The van der Waals surface area contributed by atoms with E-state index in [1.807, 2.05) is 13.8 Å². The summed E-state index contributed by atoms with van der Waals surface area (Å²) >= 11 is 5.87. The van der Waals surface area contributed by atoms with E-state index >= 15 is 0 Å². The Balaban J connectivity index is 2.84. The van der Waals surface area contributed by atoms with E-state index < -0.39 is 16.1 Å². The Kier molecular flexibility index (Phi) is 8.68. The van der Waals surface area contributed by atoms with E-state index in [-0.39, 0.29) is 12.0 Å². The standard InChI is InChI=1S/C17H27ClN2O4S/c1-5-16(17(21)19-11-6-12-24-13(2)3)20(25(4,22)23)15-9-7-14(18)8-10-15/h7-10,13,16H,5-6,11-12H2,1-4H3,(H,19,21)/t16-/m0/s1. The second-order valence-corrected chi connectivity index (χ2v) is 8.32. The van der Waals surface area contributed by atoms with Crippen molar-refractivity contribution in [1.29, 1.82) is 0 Å². The lowest BCUT2D eigenvalue weighted by molar-refractivity contribution is -0.122. The number of rotatable bonds is 10. The molecule has 8 heteroatoms. The number of carbonyl (C=O) groups is 1. The molecule has 6 nitrogen and oxygen atoms in total. The fraction of sp³-hybridized carbons (Fsp3) is 0.588. The highest BCUT2D eigenvalue weighted by atomic mass is 35.5. The number of hydrogen-bond donors (Lipinski definition) is 1. The molecule has 25 heavy (non-hydrogen) atoms. The third-order valence-corrected chi connectivity index (χ3v) is 4.91. The summed E-state index contributed by atoms with van der Waals surface area (Å²) in [6.07, 6.45) is 2.25. The van der Waals surface area contributed by atoms with Crippen LogP contribution in [0.25, 0.3) is 0 Å². The second-order valence-electron chi connectivity index (χ2n) is 6.02. The van der Waals surface area contributed by atoms with Crippen LogP contribution in [0.4, 0.5) is 5.69 Å². The van der Waals surface area contributed by atoms with Crippen molar-refractivity contribution in [2.75, 3.05) is 23.7 Å². The molecule has 1 aromatic rings. The van der Waals surface area contributed by atoms with Crippen LogP contribution in [0.3, 0.4) is 0 Å². The zero-order valence-electron chi connectivity index (χ0n) is 15.2. The van der Waals surface area contributed by atoms with Crippen LogP contribution in [0.15, 0.2) is 24.3 Å². The van der Waals surface area contributed by atoms with Gasteiger partial charge >= 0.3 is 0 Å². The summed E-state index contributed by atoms with van der Waals surface area (Å²) in [5.74, 6) is -0.326. The average Bonchev–Trinajstić information content (AvgIpc) is 2.51. The van der Waals surface area contributed by atoms with Gasteiger partial charge in [-0.25, -0.2) is 8.42 Å². The van der Waals surface area contributed by atoms with E-state index in [9.17, 15) is 13.2 Å². The number of anilines is 1. The van der Waals surface area contributed by atoms with Gasteiger partial charge in [-0.05, 0) is 51.0 Å². The first-order valence-electron chi connectivity index (χ1n) is 8.31. The third-order valence-electron chi connectivity index (χ3n) is 3.48. The Morgan fingerprint density at radius 2 is 1.88 bits per heavy atom. The third kappa shape index (κ3) is 7.22. The zero-order chi connectivity index (χ0) is 19.0. The normalized spacial score (nSPS) is 12.9. The van der Waals surface area contributed by atoms with Crippen LogP contribution in [-0.2, 0) is 19.6 Å². The van der Waals surface area contributed by atoms with Crippen LogP contribution in [0.1, 0.15) is 33.6 Å². The molecule has 1 aromatic carbocycles.